The van der Waals surface area contributed by atoms with Crippen molar-refractivity contribution in [1.82, 2.24) is 20.2 Å². The standard InChI is InChI=1S/C22H29N5O/c1-15-6-2-3-7-17(15)16-10-12-27(14-16)13-11-24-21(28)20-18-8-4-5-9-19(18)25-22(23)26-20/h2-3,6-7,16H,4-5,8-14H2,1H3,(H,24,28)(H2,23,25,26)/t16-/m1/s1. The molecule has 0 radical (unpaired) electrons. The number of benzene rings is 1. The SMILES string of the molecule is Cc1ccccc1[C@@H]1CCN(CCNC(=O)c2nc(N)nc3c2CCCC3)C1. The van der Waals surface area contributed by atoms with Gasteiger partial charge in [-0.3, -0.25) is 4.79 Å². The van der Waals surface area contributed by atoms with Crippen molar-refractivity contribution < 1.29 is 4.79 Å². The Hall–Kier alpha value is -2.47. The minimum absolute atomic E-state index is 0.123. The van der Waals surface area contributed by atoms with Crippen molar-refractivity contribution in [2.45, 2.75) is 44.9 Å². The molecule has 0 unspecified atom stereocenters. The monoisotopic (exact) mass is 379 g/mol. The molecule has 6 heteroatoms. The zero-order chi connectivity index (χ0) is 19.5. The lowest BCUT2D eigenvalue weighted by Gasteiger charge is -2.19. The first-order valence-corrected chi connectivity index (χ1v) is 10.3. The van der Waals surface area contributed by atoms with Crippen molar-refractivity contribution in [2.75, 3.05) is 31.9 Å². The number of nitrogens with two attached hydrogens (primary N) is 1. The second-order valence-corrected chi connectivity index (χ2v) is 7.96. The molecular weight excluding hydrogens is 350 g/mol. The van der Waals surface area contributed by atoms with Crippen LogP contribution < -0.4 is 11.1 Å². The summed E-state index contributed by atoms with van der Waals surface area (Å²) in [6.45, 7) is 5.79. The first-order chi connectivity index (χ1) is 13.6. The number of hydrogen-bond donors (Lipinski definition) is 2. The predicted octanol–water partition coefficient (Wildman–Crippen LogP) is 2.47. The fourth-order valence-electron chi connectivity index (χ4n) is 4.55. The van der Waals surface area contributed by atoms with E-state index in [1.54, 1.807) is 0 Å². The van der Waals surface area contributed by atoms with Crippen molar-refractivity contribution in [1.29, 1.82) is 0 Å². The number of fused-ring (bicyclic) bond motifs is 1. The molecule has 148 valence electrons. The van der Waals surface area contributed by atoms with E-state index in [-0.39, 0.29) is 11.9 Å². The van der Waals surface area contributed by atoms with Crippen LogP contribution in [0.25, 0.3) is 0 Å². The topological polar surface area (TPSA) is 84.1 Å². The average molecular weight is 380 g/mol. The molecule has 1 aliphatic carbocycles. The maximum absolute atomic E-state index is 12.7. The Morgan fingerprint density at radius 1 is 1.25 bits per heavy atom. The molecule has 0 bridgehead atoms. The third kappa shape index (κ3) is 4.02. The van der Waals surface area contributed by atoms with E-state index in [9.17, 15) is 4.79 Å². The maximum atomic E-state index is 12.7. The molecule has 1 aromatic heterocycles. The van der Waals surface area contributed by atoms with Crippen LogP contribution in [-0.2, 0) is 12.8 Å². The van der Waals surface area contributed by atoms with E-state index in [1.165, 1.54) is 17.5 Å². The average Bonchev–Trinajstić information content (AvgIpc) is 3.16. The zero-order valence-corrected chi connectivity index (χ0v) is 16.6. The highest BCUT2D eigenvalue weighted by molar-refractivity contribution is 5.94. The molecule has 0 saturated carbocycles. The van der Waals surface area contributed by atoms with Crippen molar-refractivity contribution in [3.05, 3.63) is 52.3 Å². The lowest BCUT2D eigenvalue weighted by atomic mass is 9.94. The number of anilines is 1. The number of rotatable bonds is 5. The minimum Gasteiger partial charge on any atom is -0.368 e. The number of aryl methyl sites for hydroxylation is 2. The lowest BCUT2D eigenvalue weighted by molar-refractivity contribution is 0.0943. The maximum Gasteiger partial charge on any atom is 0.270 e. The van der Waals surface area contributed by atoms with Gasteiger partial charge in [0.05, 0.1) is 0 Å². The molecule has 2 aromatic rings. The summed E-state index contributed by atoms with van der Waals surface area (Å²) in [5.41, 5.74) is 11.1. The molecule has 1 aliphatic heterocycles. The lowest BCUT2D eigenvalue weighted by Crippen LogP contribution is -2.35. The van der Waals surface area contributed by atoms with Crippen LogP contribution in [0, 0.1) is 6.92 Å². The molecule has 1 fully saturated rings. The van der Waals surface area contributed by atoms with Gasteiger partial charge in [-0.15, -0.1) is 0 Å². The first kappa shape index (κ1) is 18.9. The summed E-state index contributed by atoms with van der Waals surface area (Å²) in [5, 5.41) is 3.04. The molecule has 2 aliphatic rings. The highest BCUT2D eigenvalue weighted by atomic mass is 16.1. The van der Waals surface area contributed by atoms with Gasteiger partial charge < -0.3 is 16.0 Å². The molecular formula is C22H29N5O. The van der Waals surface area contributed by atoms with Gasteiger partial charge in [0.15, 0.2) is 0 Å². The first-order valence-electron chi connectivity index (χ1n) is 10.3. The van der Waals surface area contributed by atoms with E-state index < -0.39 is 0 Å². The summed E-state index contributed by atoms with van der Waals surface area (Å²) < 4.78 is 0. The zero-order valence-electron chi connectivity index (χ0n) is 16.6. The minimum atomic E-state index is -0.123. The van der Waals surface area contributed by atoms with Gasteiger partial charge in [0, 0.05) is 30.9 Å². The summed E-state index contributed by atoms with van der Waals surface area (Å²) in [5.74, 6) is 0.666. The van der Waals surface area contributed by atoms with Gasteiger partial charge >= 0.3 is 0 Å². The highest BCUT2D eigenvalue weighted by Gasteiger charge is 2.25. The van der Waals surface area contributed by atoms with Crippen LogP contribution in [0.1, 0.15) is 58.1 Å². The van der Waals surface area contributed by atoms with Crippen LogP contribution in [0.2, 0.25) is 0 Å². The van der Waals surface area contributed by atoms with E-state index in [0.29, 0.717) is 18.2 Å². The fraction of sp³-hybridized carbons (Fsp3) is 0.500. The van der Waals surface area contributed by atoms with E-state index in [0.717, 1.165) is 56.6 Å². The number of nitrogens with one attached hydrogen (secondary N) is 1. The van der Waals surface area contributed by atoms with Crippen molar-refractivity contribution >= 4 is 11.9 Å². The molecule has 28 heavy (non-hydrogen) atoms. The Bertz CT molecular complexity index is 866. The number of carbonyl (C=O) groups excluding carboxylic acids is 1. The Labute approximate surface area is 166 Å². The third-order valence-electron chi connectivity index (χ3n) is 6.03. The van der Waals surface area contributed by atoms with Crippen LogP contribution in [0.4, 0.5) is 5.95 Å². The number of nitrogens with zero attached hydrogens (tertiary/aromatic N) is 3. The van der Waals surface area contributed by atoms with Crippen LogP contribution in [0.15, 0.2) is 24.3 Å². The van der Waals surface area contributed by atoms with Gasteiger partial charge in [-0.05, 0) is 62.6 Å². The van der Waals surface area contributed by atoms with Crippen LogP contribution in [0.5, 0.6) is 0 Å². The Morgan fingerprint density at radius 3 is 2.93 bits per heavy atom. The molecule has 2 heterocycles. The summed E-state index contributed by atoms with van der Waals surface area (Å²) in [7, 11) is 0. The summed E-state index contributed by atoms with van der Waals surface area (Å²) in [6.07, 6.45) is 5.10. The van der Waals surface area contributed by atoms with Gasteiger partial charge in [-0.1, -0.05) is 24.3 Å². The van der Waals surface area contributed by atoms with Crippen LogP contribution in [-0.4, -0.2) is 47.0 Å². The molecule has 1 aromatic carbocycles. The van der Waals surface area contributed by atoms with Crippen molar-refractivity contribution in [3.8, 4) is 0 Å². The summed E-state index contributed by atoms with van der Waals surface area (Å²) in [4.78, 5) is 23.7. The van der Waals surface area contributed by atoms with Gasteiger partial charge in [0.1, 0.15) is 5.69 Å². The number of aromatic nitrogens is 2. The van der Waals surface area contributed by atoms with Crippen LogP contribution in [0.3, 0.4) is 0 Å². The Kier molecular flexibility index (Phi) is 5.57. The molecule has 1 amide bonds. The fourth-order valence-corrected chi connectivity index (χ4v) is 4.55. The quantitative estimate of drug-likeness (QED) is 0.834. The van der Waals surface area contributed by atoms with Gasteiger partial charge in [0.25, 0.3) is 5.91 Å². The van der Waals surface area contributed by atoms with E-state index >= 15 is 0 Å². The van der Waals surface area contributed by atoms with Crippen LogP contribution >= 0.6 is 0 Å². The van der Waals surface area contributed by atoms with Gasteiger partial charge in [0.2, 0.25) is 5.95 Å². The van der Waals surface area contributed by atoms with Crippen molar-refractivity contribution in [2.24, 2.45) is 0 Å². The normalized spacial score (nSPS) is 19.4. The largest absolute Gasteiger partial charge is 0.368 e. The summed E-state index contributed by atoms with van der Waals surface area (Å²) >= 11 is 0. The van der Waals surface area contributed by atoms with E-state index in [4.69, 9.17) is 5.73 Å². The number of carbonyl (C=O) groups is 1. The number of nitrogen functional groups attached to an aromatic ring is 1. The van der Waals surface area contributed by atoms with Gasteiger partial charge in [-0.2, -0.15) is 0 Å². The number of hydrogen-bond acceptors (Lipinski definition) is 5. The summed E-state index contributed by atoms with van der Waals surface area (Å²) in [6, 6.07) is 8.65. The molecule has 6 nitrogen and oxygen atoms in total. The second-order valence-electron chi connectivity index (χ2n) is 7.96. The second kappa shape index (κ2) is 8.27. The number of likely N-dealkylation sites (tertiary alicyclic amines) is 1. The Morgan fingerprint density at radius 2 is 2.07 bits per heavy atom. The van der Waals surface area contributed by atoms with E-state index in [1.807, 2.05) is 0 Å². The molecule has 0 spiro atoms. The van der Waals surface area contributed by atoms with E-state index in [2.05, 4.69) is 51.4 Å². The van der Waals surface area contributed by atoms with Gasteiger partial charge in [-0.25, -0.2) is 9.97 Å². The predicted molar refractivity (Wildman–Crippen MR) is 110 cm³/mol. The third-order valence-corrected chi connectivity index (χ3v) is 6.03. The molecule has 4 rings (SSSR count). The Balaban J connectivity index is 1.32. The molecule has 1 saturated heterocycles. The molecule has 3 N–H and O–H groups in total. The molecule has 1 atom stereocenters. The number of amides is 1. The van der Waals surface area contributed by atoms with Crippen molar-refractivity contribution in [3.63, 3.8) is 0 Å². The smallest absolute Gasteiger partial charge is 0.270 e. The highest BCUT2D eigenvalue weighted by Crippen LogP contribution is 2.29.